The number of nitrogens with zero attached hydrogens (tertiary/aromatic N) is 2. The first kappa shape index (κ1) is 55.6. The van der Waals surface area contributed by atoms with E-state index in [0.717, 1.165) is 29.2 Å². The third kappa shape index (κ3) is 9.65. The number of fused-ring (bicyclic) bond motifs is 9. The minimum atomic E-state index is -0.207. The summed E-state index contributed by atoms with van der Waals surface area (Å²) in [6.07, 6.45) is 15.5. The Bertz CT molecular complexity index is 4750. The summed E-state index contributed by atoms with van der Waals surface area (Å²) in [6, 6.07) is 92.5. The van der Waals surface area contributed by atoms with Crippen LogP contribution in [0.1, 0.15) is 109 Å². The predicted octanol–water partition coefficient (Wildman–Crippen LogP) is 23.7. The van der Waals surface area contributed by atoms with Crippen molar-refractivity contribution >= 4 is 57.9 Å². The average Bonchev–Trinajstić information content (AvgIpc) is 1.64. The van der Waals surface area contributed by atoms with Gasteiger partial charge >= 0.3 is 0 Å². The van der Waals surface area contributed by atoms with E-state index in [2.05, 4.69) is 350 Å². The van der Waals surface area contributed by atoms with Crippen LogP contribution < -0.4 is 9.80 Å². The van der Waals surface area contributed by atoms with Gasteiger partial charge in [-0.2, -0.15) is 0 Å². The summed E-state index contributed by atoms with van der Waals surface area (Å²) in [7, 11) is 0. The standard InChI is InChI=1S/C87H74N2/c1-57-21-19-27-65(49-57)88(83-31-17-15-29-69(83)63-23-11-9-12-24-63)67-41-47-75-73-45-39-61(53-79(73)86(5,6)81(75)55-67)35-33-59-37-43-71-72-44-38-60(52-78(72)85(3,4)77(71)51-59)34-36-62-40-46-74-76-48-42-68(56-82(76)87(7,8)80(74)54-62)89(66-28-20-22-58(2)50-66)84-32-18-16-30-70(84)64-25-13-10-14-26-64/h9-39,41-56,62H,40H2,1-8H3/b35-33+,36-34+. The molecule has 0 fully saturated rings. The number of aryl methyl sites for hydroxylation is 2. The highest BCUT2D eigenvalue weighted by atomic mass is 15.2. The van der Waals surface area contributed by atoms with E-state index >= 15 is 0 Å². The second-order valence-electron chi connectivity index (χ2n) is 26.7. The molecule has 0 amide bonds. The van der Waals surface area contributed by atoms with Crippen molar-refractivity contribution < 1.29 is 0 Å². The highest BCUT2D eigenvalue weighted by molar-refractivity contribution is 5.95. The van der Waals surface area contributed by atoms with Gasteiger partial charge in [-0.05, 0) is 193 Å². The van der Waals surface area contributed by atoms with Gasteiger partial charge in [-0.15, -0.1) is 0 Å². The van der Waals surface area contributed by atoms with Crippen molar-refractivity contribution in [2.24, 2.45) is 5.92 Å². The zero-order valence-electron chi connectivity index (χ0n) is 52.3. The quantitative estimate of drug-likeness (QED) is 0.113. The molecule has 0 radical (unpaired) electrons. The Morgan fingerprint density at radius 3 is 1.20 bits per heavy atom. The number of para-hydroxylation sites is 2. The van der Waals surface area contributed by atoms with Crippen LogP contribution in [0.5, 0.6) is 0 Å². The Morgan fingerprint density at radius 2 is 0.730 bits per heavy atom. The lowest BCUT2D eigenvalue weighted by Gasteiger charge is -2.30. The lowest BCUT2D eigenvalue weighted by Crippen LogP contribution is -2.18. The number of hydrogen-bond donors (Lipinski definition) is 0. The Hall–Kier alpha value is -10.0. The van der Waals surface area contributed by atoms with Gasteiger partial charge in [0.25, 0.3) is 0 Å². The van der Waals surface area contributed by atoms with E-state index in [1.807, 2.05) is 0 Å². The molecule has 0 aromatic heterocycles. The fourth-order valence-electron chi connectivity index (χ4n) is 15.1. The van der Waals surface area contributed by atoms with Crippen molar-refractivity contribution in [2.75, 3.05) is 9.80 Å². The van der Waals surface area contributed by atoms with Crippen molar-refractivity contribution in [1.29, 1.82) is 0 Å². The molecule has 4 aliphatic rings. The molecule has 0 saturated heterocycles. The third-order valence-corrected chi connectivity index (χ3v) is 19.8. The molecule has 432 valence electrons. The zero-order valence-corrected chi connectivity index (χ0v) is 52.3. The van der Waals surface area contributed by atoms with Gasteiger partial charge in [-0.25, -0.2) is 0 Å². The lowest BCUT2D eigenvalue weighted by molar-refractivity contribution is 0.645. The van der Waals surface area contributed by atoms with E-state index < -0.39 is 0 Å². The second-order valence-corrected chi connectivity index (χ2v) is 26.7. The number of allylic oxidation sites excluding steroid dienone is 5. The molecule has 0 N–H and O–H groups in total. The topological polar surface area (TPSA) is 6.48 Å². The molecule has 0 bridgehead atoms. The number of benzene rings is 11. The summed E-state index contributed by atoms with van der Waals surface area (Å²) in [5.74, 6) is 0.297. The van der Waals surface area contributed by atoms with Crippen LogP contribution in [0.3, 0.4) is 0 Å². The van der Waals surface area contributed by atoms with E-state index in [9.17, 15) is 0 Å². The molecule has 1 atom stereocenters. The van der Waals surface area contributed by atoms with Crippen LogP contribution in [0.4, 0.5) is 34.1 Å². The van der Waals surface area contributed by atoms with Gasteiger partial charge in [0.2, 0.25) is 0 Å². The van der Waals surface area contributed by atoms with Gasteiger partial charge in [0.15, 0.2) is 0 Å². The summed E-state index contributed by atoms with van der Waals surface area (Å²) < 4.78 is 0. The lowest BCUT2D eigenvalue weighted by atomic mass is 9.78. The average molecular weight is 1150 g/mol. The normalized spacial score (nSPS) is 16.0. The van der Waals surface area contributed by atoms with E-state index in [4.69, 9.17) is 0 Å². The molecule has 15 rings (SSSR count). The molecule has 2 heteroatoms. The summed E-state index contributed by atoms with van der Waals surface area (Å²) in [5.41, 5.74) is 33.7. The summed E-state index contributed by atoms with van der Waals surface area (Å²) in [4.78, 5) is 4.89. The van der Waals surface area contributed by atoms with Crippen LogP contribution in [0.2, 0.25) is 0 Å². The van der Waals surface area contributed by atoms with Crippen LogP contribution in [0.15, 0.2) is 273 Å². The van der Waals surface area contributed by atoms with Gasteiger partial charge < -0.3 is 9.80 Å². The van der Waals surface area contributed by atoms with E-state index in [1.165, 1.54) is 128 Å². The Kier molecular flexibility index (Phi) is 13.5. The smallest absolute Gasteiger partial charge is 0.0540 e. The third-order valence-electron chi connectivity index (χ3n) is 19.8. The highest BCUT2D eigenvalue weighted by Gasteiger charge is 2.41. The first-order chi connectivity index (χ1) is 43.2. The predicted molar refractivity (Wildman–Crippen MR) is 379 cm³/mol. The van der Waals surface area contributed by atoms with Gasteiger partial charge in [0, 0.05) is 50.1 Å². The molecular formula is C87H74N2. The second kappa shape index (κ2) is 21.7. The molecule has 0 aliphatic heterocycles. The molecule has 2 nitrogen and oxygen atoms in total. The van der Waals surface area contributed by atoms with Crippen LogP contribution in [0, 0.1) is 19.8 Å². The maximum atomic E-state index is 2.56. The number of hydrogen-bond acceptors (Lipinski definition) is 2. The first-order valence-electron chi connectivity index (χ1n) is 31.7. The molecule has 0 heterocycles. The summed E-state index contributed by atoms with van der Waals surface area (Å²) in [5, 5.41) is 0. The van der Waals surface area contributed by atoms with E-state index in [0.29, 0.717) is 5.92 Å². The van der Waals surface area contributed by atoms with Gasteiger partial charge in [0.1, 0.15) is 0 Å². The number of rotatable bonds is 12. The van der Waals surface area contributed by atoms with Crippen molar-refractivity contribution in [3.63, 3.8) is 0 Å². The summed E-state index contributed by atoms with van der Waals surface area (Å²) in [6.45, 7) is 18.8. The fraction of sp³-hybridized carbons (Fsp3) is 0.149. The molecule has 4 aliphatic carbocycles. The minimum absolute atomic E-state index is 0.152. The molecule has 1 unspecified atom stereocenters. The van der Waals surface area contributed by atoms with Gasteiger partial charge in [-0.1, -0.05) is 266 Å². The molecule has 0 saturated carbocycles. The largest absolute Gasteiger partial charge is 0.310 e. The highest BCUT2D eigenvalue weighted by Crippen LogP contribution is 2.56. The Labute approximate surface area is 526 Å². The van der Waals surface area contributed by atoms with Crippen LogP contribution >= 0.6 is 0 Å². The fourth-order valence-corrected chi connectivity index (χ4v) is 15.1. The number of anilines is 6. The SMILES string of the molecule is Cc1cccc(N(c2ccc3c(c2)C(C)(C)C2=CC(/C=C/c4ccc5c(c4)C(C)(C)c4cc(/C=C/c6ccc7c(c6)C(C)(C)c6cc(N(c8cccc(C)c8)c8ccccc8-c8ccccc8)ccc6-7)ccc4-5)CC=C23)c2ccccc2-c2ccccc2)c1. The van der Waals surface area contributed by atoms with Crippen LogP contribution in [0.25, 0.3) is 68.3 Å². The maximum Gasteiger partial charge on any atom is 0.0540 e. The molecule has 0 spiro atoms. The van der Waals surface area contributed by atoms with Crippen molar-refractivity contribution in [1.82, 2.24) is 0 Å². The van der Waals surface area contributed by atoms with Crippen LogP contribution in [-0.2, 0) is 16.2 Å². The van der Waals surface area contributed by atoms with Gasteiger partial charge in [-0.3, -0.25) is 0 Å². The molecule has 11 aromatic carbocycles. The van der Waals surface area contributed by atoms with Crippen molar-refractivity contribution in [3.05, 3.63) is 334 Å². The van der Waals surface area contributed by atoms with Crippen molar-refractivity contribution in [3.8, 4) is 44.5 Å². The van der Waals surface area contributed by atoms with Gasteiger partial charge in [0.05, 0.1) is 11.4 Å². The van der Waals surface area contributed by atoms with E-state index in [-0.39, 0.29) is 16.2 Å². The van der Waals surface area contributed by atoms with E-state index in [1.54, 1.807) is 0 Å². The minimum Gasteiger partial charge on any atom is -0.310 e. The van der Waals surface area contributed by atoms with Crippen molar-refractivity contribution in [2.45, 2.75) is 78.1 Å². The molecule has 89 heavy (non-hydrogen) atoms. The monoisotopic (exact) mass is 1150 g/mol. The maximum absolute atomic E-state index is 2.56. The summed E-state index contributed by atoms with van der Waals surface area (Å²) >= 11 is 0. The first-order valence-corrected chi connectivity index (χ1v) is 31.7. The zero-order chi connectivity index (χ0) is 60.8. The van der Waals surface area contributed by atoms with Crippen LogP contribution in [-0.4, -0.2) is 0 Å². The molecule has 11 aromatic rings. The Morgan fingerprint density at radius 1 is 0.337 bits per heavy atom. The Balaban J connectivity index is 0.664. The molecular weight excluding hydrogens is 1070 g/mol.